The van der Waals surface area contributed by atoms with Gasteiger partial charge in [0.2, 0.25) is 0 Å². The molecule has 2 aliphatic rings. The molecule has 1 aromatic carbocycles. The Hall–Kier alpha value is -1.56. The Kier molecular flexibility index (Phi) is 4.36. The molecule has 1 saturated heterocycles. The molecule has 1 fully saturated rings. The van der Waals surface area contributed by atoms with E-state index in [9.17, 15) is 13.2 Å². The lowest BCUT2D eigenvalue weighted by Gasteiger charge is -2.26. The van der Waals surface area contributed by atoms with Crippen LogP contribution in [0.4, 0.5) is 0 Å². The minimum absolute atomic E-state index is 0.0564. The standard InChI is InChI=1S/C17H23NO4S/c1-12(17(19)18(2)15-8-9-23(20,21)11-15)22-16-7-6-13-4-3-5-14(13)10-16/h6-7,10,12,15H,3-5,8-9,11H2,1-2H3/t12-,15+/m1/s1. The SMILES string of the molecule is C[C@@H](Oc1ccc2c(c1)CCC2)C(=O)N(C)[C@H]1CCS(=O)(=O)C1. The highest BCUT2D eigenvalue weighted by atomic mass is 32.2. The molecule has 2 atom stereocenters. The molecule has 0 unspecified atom stereocenters. The van der Waals surface area contributed by atoms with E-state index >= 15 is 0 Å². The van der Waals surface area contributed by atoms with Crippen LogP contribution in [0.15, 0.2) is 18.2 Å². The third kappa shape index (κ3) is 3.52. The van der Waals surface area contributed by atoms with Gasteiger partial charge in [0.15, 0.2) is 15.9 Å². The van der Waals surface area contributed by atoms with Crippen molar-refractivity contribution < 1.29 is 17.9 Å². The Morgan fingerprint density at radius 3 is 2.74 bits per heavy atom. The van der Waals surface area contributed by atoms with Crippen LogP contribution in [-0.2, 0) is 27.5 Å². The van der Waals surface area contributed by atoms with E-state index in [1.54, 1.807) is 14.0 Å². The van der Waals surface area contributed by atoms with Crippen LogP contribution in [0, 0.1) is 0 Å². The van der Waals surface area contributed by atoms with Gasteiger partial charge in [0.1, 0.15) is 5.75 Å². The number of hydrogen-bond donors (Lipinski definition) is 0. The van der Waals surface area contributed by atoms with Gasteiger partial charge in [0.25, 0.3) is 5.91 Å². The number of aryl methyl sites for hydroxylation is 2. The Morgan fingerprint density at radius 2 is 2.04 bits per heavy atom. The van der Waals surface area contributed by atoms with Crippen molar-refractivity contribution in [2.45, 2.75) is 44.8 Å². The van der Waals surface area contributed by atoms with Crippen LogP contribution in [0.5, 0.6) is 5.75 Å². The fourth-order valence-corrected chi connectivity index (χ4v) is 5.20. The number of benzene rings is 1. The zero-order chi connectivity index (χ0) is 16.6. The average molecular weight is 337 g/mol. The quantitative estimate of drug-likeness (QED) is 0.837. The van der Waals surface area contributed by atoms with Crippen LogP contribution in [0.25, 0.3) is 0 Å². The van der Waals surface area contributed by atoms with E-state index in [4.69, 9.17) is 4.74 Å². The van der Waals surface area contributed by atoms with Gasteiger partial charge < -0.3 is 9.64 Å². The summed E-state index contributed by atoms with van der Waals surface area (Å²) in [5.41, 5.74) is 2.67. The summed E-state index contributed by atoms with van der Waals surface area (Å²) in [6.45, 7) is 1.72. The maximum atomic E-state index is 12.5. The Labute approximate surface area is 137 Å². The molecule has 1 aliphatic carbocycles. The number of hydrogen-bond acceptors (Lipinski definition) is 4. The van der Waals surface area contributed by atoms with Crippen LogP contribution in [0.1, 0.15) is 30.9 Å². The van der Waals surface area contributed by atoms with Gasteiger partial charge in [-0.1, -0.05) is 6.07 Å². The molecule has 0 aromatic heterocycles. The van der Waals surface area contributed by atoms with Gasteiger partial charge in [-0.3, -0.25) is 4.79 Å². The highest BCUT2D eigenvalue weighted by Gasteiger charge is 2.34. The predicted octanol–water partition coefficient (Wildman–Crippen LogP) is 1.59. The van der Waals surface area contributed by atoms with Crippen molar-refractivity contribution in [1.82, 2.24) is 4.90 Å². The Morgan fingerprint density at radius 1 is 1.30 bits per heavy atom. The summed E-state index contributed by atoms with van der Waals surface area (Å²) in [5, 5.41) is 0. The Balaban J connectivity index is 1.63. The first kappa shape index (κ1) is 16.3. The summed E-state index contributed by atoms with van der Waals surface area (Å²) in [5.74, 6) is 0.752. The number of carbonyl (C=O) groups excluding carboxylic acids is 1. The summed E-state index contributed by atoms with van der Waals surface area (Å²) in [6, 6.07) is 5.76. The summed E-state index contributed by atoms with van der Waals surface area (Å²) in [7, 11) is -1.34. The molecule has 1 amide bonds. The molecule has 0 N–H and O–H groups in total. The Bertz CT molecular complexity index is 713. The molecule has 3 rings (SSSR count). The number of carbonyl (C=O) groups is 1. The lowest BCUT2D eigenvalue weighted by atomic mass is 10.1. The van der Waals surface area contributed by atoms with E-state index in [1.165, 1.54) is 22.4 Å². The molecule has 0 bridgehead atoms. The van der Waals surface area contributed by atoms with Crippen LogP contribution in [0.3, 0.4) is 0 Å². The smallest absolute Gasteiger partial charge is 0.263 e. The highest BCUT2D eigenvalue weighted by molar-refractivity contribution is 7.91. The van der Waals surface area contributed by atoms with E-state index < -0.39 is 15.9 Å². The van der Waals surface area contributed by atoms with Gasteiger partial charge in [-0.2, -0.15) is 0 Å². The molecule has 0 radical (unpaired) electrons. The summed E-state index contributed by atoms with van der Waals surface area (Å²) >= 11 is 0. The van der Waals surface area contributed by atoms with Gasteiger partial charge in [0, 0.05) is 13.1 Å². The highest BCUT2D eigenvalue weighted by Crippen LogP contribution is 2.27. The van der Waals surface area contributed by atoms with E-state index in [0.717, 1.165) is 12.8 Å². The minimum Gasteiger partial charge on any atom is -0.481 e. The summed E-state index contributed by atoms with van der Waals surface area (Å²) in [4.78, 5) is 14.0. The molecule has 6 heteroatoms. The lowest BCUT2D eigenvalue weighted by Crippen LogP contribution is -2.44. The number of ether oxygens (including phenoxy) is 1. The van der Waals surface area contributed by atoms with E-state index in [1.807, 2.05) is 12.1 Å². The molecule has 0 saturated carbocycles. The largest absolute Gasteiger partial charge is 0.481 e. The van der Waals surface area contributed by atoms with Gasteiger partial charge in [-0.05, 0) is 55.9 Å². The van der Waals surface area contributed by atoms with Crippen LogP contribution in [-0.4, -0.2) is 49.9 Å². The van der Waals surface area contributed by atoms with Crippen LogP contribution < -0.4 is 4.74 Å². The van der Waals surface area contributed by atoms with Gasteiger partial charge in [-0.15, -0.1) is 0 Å². The number of nitrogens with zero attached hydrogens (tertiary/aromatic N) is 1. The normalized spacial score (nSPS) is 23.3. The maximum Gasteiger partial charge on any atom is 0.263 e. The number of fused-ring (bicyclic) bond motifs is 1. The van der Waals surface area contributed by atoms with E-state index in [0.29, 0.717) is 12.2 Å². The fourth-order valence-electron chi connectivity index (χ4n) is 3.42. The molecule has 1 aliphatic heterocycles. The van der Waals surface area contributed by atoms with Crippen molar-refractivity contribution in [3.8, 4) is 5.75 Å². The monoisotopic (exact) mass is 337 g/mol. The number of amides is 1. The topological polar surface area (TPSA) is 63.7 Å². The molecule has 0 spiro atoms. The summed E-state index contributed by atoms with van der Waals surface area (Å²) in [6.07, 6.45) is 3.24. The molecule has 1 aromatic rings. The number of likely N-dealkylation sites (N-methyl/N-ethyl adjacent to an activating group) is 1. The van der Waals surface area contributed by atoms with Crippen molar-refractivity contribution in [3.05, 3.63) is 29.3 Å². The van der Waals surface area contributed by atoms with Crippen molar-refractivity contribution in [2.75, 3.05) is 18.6 Å². The van der Waals surface area contributed by atoms with Gasteiger partial charge >= 0.3 is 0 Å². The molecular weight excluding hydrogens is 314 g/mol. The molecule has 1 heterocycles. The first-order valence-electron chi connectivity index (χ1n) is 8.11. The average Bonchev–Trinajstić information content (AvgIpc) is 3.11. The first-order chi connectivity index (χ1) is 10.9. The van der Waals surface area contributed by atoms with E-state index in [2.05, 4.69) is 6.07 Å². The van der Waals surface area contributed by atoms with Crippen molar-refractivity contribution in [2.24, 2.45) is 0 Å². The predicted molar refractivity (Wildman–Crippen MR) is 88.4 cm³/mol. The first-order valence-corrected chi connectivity index (χ1v) is 9.93. The third-order valence-corrected chi connectivity index (χ3v) is 6.58. The van der Waals surface area contributed by atoms with Gasteiger partial charge in [-0.25, -0.2) is 8.42 Å². The maximum absolute atomic E-state index is 12.5. The fraction of sp³-hybridized carbons (Fsp3) is 0.588. The molecular formula is C17H23NO4S. The van der Waals surface area contributed by atoms with Crippen LogP contribution in [0.2, 0.25) is 0 Å². The molecule has 5 nitrogen and oxygen atoms in total. The minimum atomic E-state index is -3.00. The zero-order valence-electron chi connectivity index (χ0n) is 13.6. The zero-order valence-corrected chi connectivity index (χ0v) is 14.4. The van der Waals surface area contributed by atoms with Crippen LogP contribution >= 0.6 is 0 Å². The number of sulfone groups is 1. The molecule has 23 heavy (non-hydrogen) atoms. The van der Waals surface area contributed by atoms with Crippen molar-refractivity contribution in [3.63, 3.8) is 0 Å². The third-order valence-electron chi connectivity index (χ3n) is 4.83. The van der Waals surface area contributed by atoms with E-state index in [-0.39, 0.29) is 23.5 Å². The second-order valence-corrected chi connectivity index (χ2v) is 8.78. The van der Waals surface area contributed by atoms with Gasteiger partial charge in [0.05, 0.1) is 11.5 Å². The number of rotatable bonds is 4. The second kappa shape index (κ2) is 6.15. The molecule has 126 valence electrons. The second-order valence-electron chi connectivity index (χ2n) is 6.55. The lowest BCUT2D eigenvalue weighted by molar-refractivity contribution is -0.138. The van der Waals surface area contributed by atoms with Crippen molar-refractivity contribution >= 4 is 15.7 Å². The summed E-state index contributed by atoms with van der Waals surface area (Å²) < 4.78 is 28.9. The van der Waals surface area contributed by atoms with Crippen molar-refractivity contribution in [1.29, 1.82) is 0 Å².